The Hall–Kier alpha value is -2.28. The molecule has 0 spiro atoms. The first-order valence-corrected chi connectivity index (χ1v) is 10.5. The van der Waals surface area contributed by atoms with Crippen LogP contribution in [-0.4, -0.2) is 33.2 Å². The second kappa shape index (κ2) is 8.17. The summed E-state index contributed by atoms with van der Waals surface area (Å²) in [5.74, 6) is -0.423. The molecule has 1 fully saturated rings. The summed E-state index contributed by atoms with van der Waals surface area (Å²) in [5, 5.41) is 3.64. The predicted molar refractivity (Wildman–Crippen MR) is 104 cm³/mol. The molecule has 1 unspecified atom stereocenters. The Morgan fingerprint density at radius 2 is 2.07 bits per heavy atom. The first kappa shape index (κ1) is 18.1. The minimum absolute atomic E-state index is 0.00668. The van der Waals surface area contributed by atoms with Gasteiger partial charge in [0.15, 0.2) is 5.13 Å². The predicted octanol–water partition coefficient (Wildman–Crippen LogP) is 3.18. The number of fused-ring (bicyclic) bond motifs is 1. The van der Waals surface area contributed by atoms with Gasteiger partial charge in [-0.2, -0.15) is 0 Å². The third kappa shape index (κ3) is 4.35. The van der Waals surface area contributed by atoms with Gasteiger partial charge < -0.3 is 10.2 Å². The maximum Gasteiger partial charge on any atom is 0.231 e. The highest BCUT2D eigenvalue weighted by molar-refractivity contribution is 7.15. The van der Waals surface area contributed by atoms with Crippen LogP contribution in [0.5, 0.6) is 0 Å². The zero-order valence-electron chi connectivity index (χ0n) is 15.3. The molecular weight excluding hydrogens is 360 g/mol. The van der Waals surface area contributed by atoms with Gasteiger partial charge in [-0.25, -0.2) is 4.98 Å². The van der Waals surface area contributed by atoms with Crippen molar-refractivity contribution in [2.75, 3.05) is 11.9 Å². The van der Waals surface area contributed by atoms with Gasteiger partial charge in [-0.15, -0.1) is 11.3 Å². The van der Waals surface area contributed by atoms with E-state index in [4.69, 9.17) is 0 Å². The van der Waals surface area contributed by atoms with Gasteiger partial charge in [0, 0.05) is 24.0 Å². The minimum Gasteiger partial charge on any atom is -0.336 e. The number of nitrogens with one attached hydrogen (secondary N) is 1. The molecule has 3 heterocycles. The van der Waals surface area contributed by atoms with Crippen LogP contribution >= 0.6 is 11.3 Å². The van der Waals surface area contributed by atoms with Gasteiger partial charge in [-0.05, 0) is 37.8 Å². The van der Waals surface area contributed by atoms with Crippen LogP contribution in [0.4, 0.5) is 5.13 Å². The number of amides is 2. The second-order valence-electron chi connectivity index (χ2n) is 7.29. The molecule has 1 aliphatic heterocycles. The second-order valence-corrected chi connectivity index (χ2v) is 8.37. The van der Waals surface area contributed by atoms with E-state index in [0.29, 0.717) is 18.2 Å². The number of carbonyl (C=O) groups excluding carboxylic acids is 2. The quantitative estimate of drug-likeness (QED) is 0.878. The summed E-state index contributed by atoms with van der Waals surface area (Å²) in [6.07, 6.45) is 8.93. The molecule has 2 aliphatic rings. The Morgan fingerprint density at radius 3 is 2.89 bits per heavy atom. The molecule has 0 aromatic carbocycles. The van der Waals surface area contributed by atoms with Crippen molar-refractivity contribution in [1.82, 2.24) is 14.9 Å². The van der Waals surface area contributed by atoms with Crippen molar-refractivity contribution in [3.05, 3.63) is 40.7 Å². The van der Waals surface area contributed by atoms with Crippen LogP contribution in [0, 0.1) is 5.92 Å². The summed E-state index contributed by atoms with van der Waals surface area (Å²) in [7, 11) is 0. The summed E-state index contributed by atoms with van der Waals surface area (Å²) < 4.78 is 0. The number of aromatic nitrogens is 2. The molecule has 0 saturated carbocycles. The number of aryl methyl sites for hydroxylation is 2. The van der Waals surface area contributed by atoms with E-state index < -0.39 is 0 Å². The van der Waals surface area contributed by atoms with Gasteiger partial charge in [-0.3, -0.25) is 14.6 Å². The van der Waals surface area contributed by atoms with Crippen LogP contribution < -0.4 is 5.32 Å². The van der Waals surface area contributed by atoms with E-state index in [2.05, 4.69) is 15.3 Å². The minimum atomic E-state index is -0.326. The third-order valence-electron chi connectivity index (χ3n) is 5.24. The molecule has 27 heavy (non-hydrogen) atoms. The average Bonchev–Trinajstić information content (AvgIpc) is 3.19. The zero-order valence-corrected chi connectivity index (χ0v) is 16.1. The standard InChI is InChI=1S/C20H24N4O2S/c25-18-11-14(12-24(18)13-15-7-5-6-10-21-15)19(26)23-20-22-16-8-3-1-2-4-9-17(16)27-20/h5-7,10,14H,1-4,8-9,11-13H2,(H,22,23,26). The van der Waals surface area contributed by atoms with Crippen LogP contribution in [0.15, 0.2) is 24.4 Å². The summed E-state index contributed by atoms with van der Waals surface area (Å²) in [4.78, 5) is 36.9. The molecular formula is C20H24N4O2S. The van der Waals surface area contributed by atoms with E-state index in [9.17, 15) is 9.59 Å². The zero-order chi connectivity index (χ0) is 18.6. The summed E-state index contributed by atoms with van der Waals surface area (Å²) >= 11 is 1.60. The average molecular weight is 385 g/mol. The lowest BCUT2D eigenvalue weighted by Gasteiger charge is -2.15. The number of nitrogens with zero attached hydrogens (tertiary/aromatic N) is 3. The largest absolute Gasteiger partial charge is 0.336 e. The fourth-order valence-corrected chi connectivity index (χ4v) is 4.81. The number of pyridine rings is 1. The normalized spacial score (nSPS) is 20.1. The molecule has 1 saturated heterocycles. The number of thiazole rings is 1. The van der Waals surface area contributed by atoms with Gasteiger partial charge in [0.2, 0.25) is 11.8 Å². The maximum atomic E-state index is 12.7. The van der Waals surface area contributed by atoms with Crippen molar-refractivity contribution in [2.24, 2.45) is 5.92 Å². The first-order valence-electron chi connectivity index (χ1n) is 9.66. The van der Waals surface area contributed by atoms with Gasteiger partial charge in [0.25, 0.3) is 0 Å². The lowest BCUT2D eigenvalue weighted by Crippen LogP contribution is -2.28. The highest BCUT2D eigenvalue weighted by atomic mass is 32.1. The van der Waals surface area contributed by atoms with Crippen LogP contribution in [0.3, 0.4) is 0 Å². The van der Waals surface area contributed by atoms with Gasteiger partial charge >= 0.3 is 0 Å². The van der Waals surface area contributed by atoms with Crippen molar-refractivity contribution >= 4 is 28.3 Å². The highest BCUT2D eigenvalue weighted by Crippen LogP contribution is 2.29. The van der Waals surface area contributed by atoms with Crippen LogP contribution in [0.25, 0.3) is 0 Å². The summed E-state index contributed by atoms with van der Waals surface area (Å²) in [6, 6.07) is 5.65. The van der Waals surface area contributed by atoms with Crippen LogP contribution in [-0.2, 0) is 29.0 Å². The van der Waals surface area contributed by atoms with Gasteiger partial charge in [0.05, 0.1) is 23.9 Å². The fourth-order valence-electron chi connectivity index (χ4n) is 3.75. The molecule has 0 radical (unpaired) electrons. The lowest BCUT2D eigenvalue weighted by molar-refractivity contribution is -0.128. The Bertz CT molecular complexity index is 795. The number of hydrogen-bond donors (Lipinski definition) is 1. The number of hydrogen-bond acceptors (Lipinski definition) is 5. The smallest absolute Gasteiger partial charge is 0.231 e. The molecule has 4 rings (SSSR count). The Labute approximate surface area is 163 Å². The van der Waals surface area contributed by atoms with E-state index in [-0.39, 0.29) is 24.2 Å². The van der Waals surface area contributed by atoms with Gasteiger partial charge in [-0.1, -0.05) is 18.9 Å². The van der Waals surface area contributed by atoms with E-state index >= 15 is 0 Å². The molecule has 2 aromatic heterocycles. The number of rotatable bonds is 4. The Balaban J connectivity index is 1.37. The molecule has 7 heteroatoms. The molecule has 6 nitrogen and oxygen atoms in total. The monoisotopic (exact) mass is 384 g/mol. The van der Waals surface area contributed by atoms with Crippen molar-refractivity contribution in [3.8, 4) is 0 Å². The van der Waals surface area contributed by atoms with E-state index in [1.165, 1.54) is 30.6 Å². The Kier molecular flexibility index (Phi) is 5.48. The lowest BCUT2D eigenvalue weighted by atomic mass is 10.0. The summed E-state index contributed by atoms with van der Waals surface area (Å²) in [6.45, 7) is 0.890. The van der Waals surface area contributed by atoms with E-state index in [1.54, 1.807) is 22.4 Å². The fraction of sp³-hybridized carbons (Fsp3) is 0.500. The Morgan fingerprint density at radius 1 is 1.22 bits per heavy atom. The molecule has 2 amide bonds. The molecule has 1 N–H and O–H groups in total. The van der Waals surface area contributed by atoms with Crippen molar-refractivity contribution in [1.29, 1.82) is 0 Å². The maximum absolute atomic E-state index is 12.7. The molecule has 1 atom stereocenters. The van der Waals surface area contributed by atoms with Crippen LogP contribution in [0.2, 0.25) is 0 Å². The molecule has 0 bridgehead atoms. The SMILES string of the molecule is O=C(Nc1nc2c(s1)CCCCCC2)C1CC(=O)N(Cc2ccccn2)C1. The van der Waals surface area contributed by atoms with Crippen molar-refractivity contribution in [2.45, 2.75) is 51.5 Å². The first-order chi connectivity index (χ1) is 13.2. The highest BCUT2D eigenvalue weighted by Gasteiger charge is 2.34. The van der Waals surface area contributed by atoms with Crippen molar-refractivity contribution < 1.29 is 9.59 Å². The number of likely N-dealkylation sites (tertiary alicyclic amines) is 1. The van der Waals surface area contributed by atoms with Crippen LogP contribution in [0.1, 0.15) is 48.4 Å². The topological polar surface area (TPSA) is 75.2 Å². The molecule has 1 aliphatic carbocycles. The van der Waals surface area contributed by atoms with Gasteiger partial charge in [0.1, 0.15) is 0 Å². The summed E-state index contributed by atoms with van der Waals surface area (Å²) in [5.41, 5.74) is 1.99. The number of carbonyl (C=O) groups is 2. The number of anilines is 1. The van der Waals surface area contributed by atoms with E-state index in [1.807, 2.05) is 18.2 Å². The van der Waals surface area contributed by atoms with E-state index in [0.717, 1.165) is 24.2 Å². The van der Waals surface area contributed by atoms with Crippen molar-refractivity contribution in [3.63, 3.8) is 0 Å². The molecule has 142 valence electrons. The third-order valence-corrected chi connectivity index (χ3v) is 6.31. The molecule has 2 aromatic rings.